The van der Waals surface area contributed by atoms with Gasteiger partial charge in [-0.3, -0.25) is 9.10 Å². The lowest BCUT2D eigenvalue weighted by molar-refractivity contribution is -0.119. The number of anilines is 1. The molecule has 6 nitrogen and oxygen atoms in total. The van der Waals surface area contributed by atoms with Crippen LogP contribution in [0.3, 0.4) is 0 Å². The third kappa shape index (κ3) is 5.39. The third-order valence-electron chi connectivity index (χ3n) is 4.80. The van der Waals surface area contributed by atoms with Gasteiger partial charge in [0.15, 0.2) is 0 Å². The largest absolute Gasteiger partial charge is 0.271 e. The molecule has 0 atom stereocenters. The second-order valence-electron chi connectivity index (χ2n) is 7.38. The number of hydrogen-bond donors (Lipinski definition) is 1. The average Bonchev–Trinajstić information content (AvgIpc) is 3.13. The lowest BCUT2D eigenvalue weighted by Crippen LogP contribution is -2.40. The van der Waals surface area contributed by atoms with Gasteiger partial charge in [-0.25, -0.2) is 13.8 Å². The van der Waals surface area contributed by atoms with Gasteiger partial charge in [-0.05, 0) is 74.0 Å². The Kier molecular flexibility index (Phi) is 6.92. The van der Waals surface area contributed by atoms with Crippen molar-refractivity contribution in [1.82, 2.24) is 5.43 Å². The number of nitrogens with zero attached hydrogens (tertiary/aromatic N) is 2. The van der Waals surface area contributed by atoms with Gasteiger partial charge in [-0.2, -0.15) is 5.10 Å². The number of benzene rings is 2. The summed E-state index contributed by atoms with van der Waals surface area (Å²) in [5.74, 6) is -0.526. The molecule has 0 bridgehead atoms. The minimum Gasteiger partial charge on any atom is -0.271 e. The van der Waals surface area contributed by atoms with Gasteiger partial charge < -0.3 is 0 Å². The molecule has 0 spiro atoms. The minimum absolute atomic E-state index is 0.129. The summed E-state index contributed by atoms with van der Waals surface area (Å²) in [6, 6.07) is 14.1. The van der Waals surface area contributed by atoms with Crippen molar-refractivity contribution in [2.45, 2.75) is 32.6 Å². The van der Waals surface area contributed by atoms with Gasteiger partial charge in [0, 0.05) is 4.88 Å². The molecule has 162 valence electrons. The summed E-state index contributed by atoms with van der Waals surface area (Å²) in [4.78, 5) is 13.7. The molecule has 0 radical (unpaired) electrons. The molecule has 0 aliphatic rings. The van der Waals surface area contributed by atoms with Gasteiger partial charge in [0.25, 0.3) is 15.9 Å². The molecular formula is C23H25N3O3S2. The molecule has 1 amide bonds. The number of nitrogens with one attached hydrogen (secondary N) is 1. The Balaban J connectivity index is 1.91. The van der Waals surface area contributed by atoms with Crippen LogP contribution < -0.4 is 9.73 Å². The maximum atomic E-state index is 13.5. The maximum absolute atomic E-state index is 13.5. The fourth-order valence-electron chi connectivity index (χ4n) is 2.97. The number of carbonyl (C=O) groups excluding carboxylic acids is 1. The number of carbonyl (C=O) groups is 1. The molecule has 0 saturated carbocycles. The lowest BCUT2D eigenvalue weighted by atomic mass is 10.1. The first-order valence-electron chi connectivity index (χ1n) is 9.71. The highest BCUT2D eigenvalue weighted by Gasteiger charge is 2.28. The van der Waals surface area contributed by atoms with E-state index in [0.29, 0.717) is 5.69 Å². The summed E-state index contributed by atoms with van der Waals surface area (Å²) in [5, 5.41) is 5.93. The zero-order valence-corrected chi connectivity index (χ0v) is 19.5. The third-order valence-corrected chi connectivity index (χ3v) is 7.53. The van der Waals surface area contributed by atoms with E-state index in [1.807, 2.05) is 51.3 Å². The fourth-order valence-corrected chi connectivity index (χ4v) is 5.23. The van der Waals surface area contributed by atoms with E-state index in [1.165, 1.54) is 11.3 Å². The van der Waals surface area contributed by atoms with E-state index < -0.39 is 15.9 Å². The molecule has 31 heavy (non-hydrogen) atoms. The normalized spacial score (nSPS) is 11.6. The standard InChI is InChI=1S/C23H25N3O3S2/c1-16-6-9-20(10-7-16)31(28,29)26(21-13-17(2)5-8-18(21)3)15-23(27)25-24-14-22-19(4)11-12-30-22/h5-14H,15H2,1-4H3,(H,25,27)/b24-14-. The summed E-state index contributed by atoms with van der Waals surface area (Å²) in [7, 11) is -3.96. The van der Waals surface area contributed by atoms with Crippen LogP contribution in [0, 0.1) is 27.7 Å². The summed E-state index contributed by atoms with van der Waals surface area (Å²) in [6.07, 6.45) is 1.56. The SMILES string of the molecule is Cc1ccc(S(=O)(=O)N(CC(=O)N/N=C\c2sccc2C)c2cc(C)ccc2C)cc1. The molecule has 1 N–H and O–H groups in total. The van der Waals surface area contributed by atoms with Gasteiger partial charge in [0.05, 0.1) is 16.8 Å². The van der Waals surface area contributed by atoms with Gasteiger partial charge in [0.1, 0.15) is 6.54 Å². The van der Waals surface area contributed by atoms with E-state index in [4.69, 9.17) is 0 Å². The van der Waals surface area contributed by atoms with Crippen molar-refractivity contribution in [3.63, 3.8) is 0 Å². The maximum Gasteiger partial charge on any atom is 0.264 e. The number of sulfonamides is 1. The fraction of sp³-hybridized carbons (Fsp3) is 0.217. The van der Waals surface area contributed by atoms with Crippen molar-refractivity contribution < 1.29 is 13.2 Å². The number of amides is 1. The van der Waals surface area contributed by atoms with E-state index >= 15 is 0 Å². The van der Waals surface area contributed by atoms with Crippen molar-refractivity contribution in [3.8, 4) is 0 Å². The highest BCUT2D eigenvalue weighted by atomic mass is 32.2. The lowest BCUT2D eigenvalue weighted by Gasteiger charge is -2.25. The van der Waals surface area contributed by atoms with E-state index in [2.05, 4.69) is 10.5 Å². The molecule has 3 rings (SSSR count). The van der Waals surface area contributed by atoms with Gasteiger partial charge in [0.2, 0.25) is 0 Å². The smallest absolute Gasteiger partial charge is 0.264 e. The van der Waals surface area contributed by atoms with E-state index in [-0.39, 0.29) is 11.4 Å². The molecule has 0 unspecified atom stereocenters. The van der Waals surface area contributed by atoms with Crippen molar-refractivity contribution in [1.29, 1.82) is 0 Å². The van der Waals surface area contributed by atoms with Crippen LogP contribution in [-0.2, 0) is 14.8 Å². The predicted molar refractivity (Wildman–Crippen MR) is 126 cm³/mol. The second kappa shape index (κ2) is 9.45. The molecular weight excluding hydrogens is 430 g/mol. The number of hydrogen-bond acceptors (Lipinski definition) is 5. The molecule has 1 heterocycles. The topological polar surface area (TPSA) is 78.8 Å². The number of rotatable bonds is 7. The summed E-state index contributed by atoms with van der Waals surface area (Å²) in [6.45, 7) is 7.16. The van der Waals surface area contributed by atoms with Gasteiger partial charge in [-0.15, -0.1) is 11.3 Å². The Morgan fingerprint density at radius 3 is 2.32 bits per heavy atom. The first-order chi connectivity index (χ1) is 14.7. The van der Waals surface area contributed by atoms with Crippen LogP contribution in [0.25, 0.3) is 0 Å². The highest BCUT2D eigenvalue weighted by Crippen LogP contribution is 2.28. The Bertz CT molecular complexity index is 1210. The van der Waals surface area contributed by atoms with Crippen molar-refractivity contribution >= 4 is 39.2 Å². The van der Waals surface area contributed by atoms with E-state index in [9.17, 15) is 13.2 Å². The van der Waals surface area contributed by atoms with Gasteiger partial charge >= 0.3 is 0 Å². The number of hydrazone groups is 1. The van der Waals surface area contributed by atoms with Crippen molar-refractivity contribution in [2.24, 2.45) is 5.10 Å². The van der Waals surface area contributed by atoms with Crippen LogP contribution in [0.1, 0.15) is 27.1 Å². The summed E-state index contributed by atoms with van der Waals surface area (Å²) in [5.41, 5.74) is 6.58. The molecule has 8 heteroatoms. The zero-order chi connectivity index (χ0) is 22.6. The van der Waals surface area contributed by atoms with E-state index in [1.54, 1.807) is 36.5 Å². The Morgan fingerprint density at radius 1 is 1.00 bits per heavy atom. The number of thiophene rings is 1. The quantitative estimate of drug-likeness (QED) is 0.425. The molecule has 0 fully saturated rings. The van der Waals surface area contributed by atoms with E-state index in [0.717, 1.165) is 31.4 Å². The molecule has 0 aliphatic heterocycles. The monoisotopic (exact) mass is 455 g/mol. The van der Waals surface area contributed by atoms with Crippen LogP contribution >= 0.6 is 11.3 Å². The molecule has 3 aromatic rings. The van der Waals surface area contributed by atoms with Crippen molar-refractivity contribution in [2.75, 3.05) is 10.8 Å². The van der Waals surface area contributed by atoms with Gasteiger partial charge in [-0.1, -0.05) is 29.8 Å². The number of aryl methyl sites for hydroxylation is 4. The Labute approximate surface area is 187 Å². The zero-order valence-electron chi connectivity index (χ0n) is 17.9. The Morgan fingerprint density at radius 2 is 1.68 bits per heavy atom. The molecule has 0 saturated heterocycles. The van der Waals surface area contributed by atoms with Crippen LogP contribution in [0.2, 0.25) is 0 Å². The second-order valence-corrected chi connectivity index (χ2v) is 10.2. The molecule has 1 aromatic heterocycles. The van der Waals surface area contributed by atoms with Crippen LogP contribution in [-0.4, -0.2) is 27.1 Å². The predicted octanol–water partition coefficient (Wildman–Crippen LogP) is 4.33. The summed E-state index contributed by atoms with van der Waals surface area (Å²) >= 11 is 1.51. The minimum atomic E-state index is -3.96. The van der Waals surface area contributed by atoms with Crippen LogP contribution in [0.4, 0.5) is 5.69 Å². The summed E-state index contributed by atoms with van der Waals surface area (Å²) < 4.78 is 28.1. The average molecular weight is 456 g/mol. The Hall–Kier alpha value is -2.97. The highest BCUT2D eigenvalue weighted by molar-refractivity contribution is 7.92. The van der Waals surface area contributed by atoms with Crippen molar-refractivity contribution in [3.05, 3.63) is 81.0 Å². The molecule has 0 aliphatic carbocycles. The first kappa shape index (κ1) is 22.7. The molecule has 2 aromatic carbocycles. The van der Waals surface area contributed by atoms with Crippen LogP contribution in [0.15, 0.2) is 63.9 Å². The first-order valence-corrected chi connectivity index (χ1v) is 12.0. The van der Waals surface area contributed by atoms with Crippen LogP contribution in [0.5, 0.6) is 0 Å².